The molecule has 3 aliphatic heterocycles. The molecule has 80 valence electrons. The fourth-order valence-electron chi connectivity index (χ4n) is 2.44. The first-order valence-electron chi connectivity index (χ1n) is 5.45. The minimum absolute atomic E-state index is 0.0104. The zero-order valence-corrected chi connectivity index (χ0v) is 8.70. The second-order valence-corrected chi connectivity index (χ2v) is 4.54. The highest BCUT2D eigenvalue weighted by Gasteiger charge is 2.34. The number of nitrogens with zero attached hydrogens (tertiary/aromatic N) is 1. The Bertz CT molecular complexity index is 221. The van der Waals surface area contributed by atoms with Gasteiger partial charge in [0.1, 0.15) is 0 Å². The molecule has 4 heteroatoms. The van der Waals surface area contributed by atoms with Crippen LogP contribution in [-0.2, 0) is 4.79 Å². The lowest BCUT2D eigenvalue weighted by Gasteiger charge is -2.45. The molecule has 0 spiro atoms. The number of fused-ring (bicyclic) bond motifs is 3. The lowest BCUT2D eigenvalue weighted by Crippen LogP contribution is -2.58. The van der Waals surface area contributed by atoms with E-state index in [4.69, 9.17) is 5.73 Å². The van der Waals surface area contributed by atoms with E-state index in [2.05, 4.69) is 10.2 Å². The molecule has 0 aliphatic carbocycles. The van der Waals surface area contributed by atoms with Gasteiger partial charge in [0, 0.05) is 12.6 Å². The summed E-state index contributed by atoms with van der Waals surface area (Å²) in [7, 11) is 0. The van der Waals surface area contributed by atoms with E-state index in [1.807, 2.05) is 0 Å². The van der Waals surface area contributed by atoms with Crippen molar-refractivity contribution in [3.05, 3.63) is 0 Å². The maximum absolute atomic E-state index is 11.4. The molecule has 0 aromatic rings. The van der Waals surface area contributed by atoms with Crippen LogP contribution in [0.25, 0.3) is 0 Å². The van der Waals surface area contributed by atoms with Crippen LogP contribution >= 0.6 is 0 Å². The number of hydrogen-bond donors (Lipinski definition) is 2. The predicted octanol–water partition coefficient (Wildman–Crippen LogP) is -0.456. The van der Waals surface area contributed by atoms with Crippen molar-refractivity contribution in [1.29, 1.82) is 0 Å². The molecule has 3 N–H and O–H groups in total. The van der Waals surface area contributed by atoms with Crippen molar-refractivity contribution in [2.45, 2.75) is 31.8 Å². The number of nitrogens with one attached hydrogen (secondary N) is 1. The Hall–Kier alpha value is -0.610. The van der Waals surface area contributed by atoms with Crippen LogP contribution < -0.4 is 11.1 Å². The summed E-state index contributed by atoms with van der Waals surface area (Å²) in [6.07, 6.45) is 2.45. The van der Waals surface area contributed by atoms with Crippen molar-refractivity contribution in [2.24, 2.45) is 11.7 Å². The number of hydrogen-bond acceptors (Lipinski definition) is 3. The lowest BCUT2D eigenvalue weighted by atomic mass is 9.84. The molecule has 14 heavy (non-hydrogen) atoms. The first-order valence-corrected chi connectivity index (χ1v) is 5.45. The third-order valence-corrected chi connectivity index (χ3v) is 3.40. The fourth-order valence-corrected chi connectivity index (χ4v) is 2.44. The van der Waals surface area contributed by atoms with E-state index < -0.39 is 0 Å². The van der Waals surface area contributed by atoms with Crippen LogP contribution in [0.15, 0.2) is 0 Å². The molecule has 2 bridgehead atoms. The molecule has 4 nitrogen and oxygen atoms in total. The normalized spacial score (nSPS) is 38.0. The summed E-state index contributed by atoms with van der Waals surface area (Å²) in [4.78, 5) is 13.9. The standard InChI is InChI=1S/C10H19N3O/c1-7(11)10(14)12-9-6-13-4-2-8(9)3-5-13/h7-9H,2-6,11H2,1H3,(H,12,14)/t7-,9?/m0/s1. The SMILES string of the molecule is C[C@H](N)C(=O)NC1CN2CCC1CC2. The third-order valence-electron chi connectivity index (χ3n) is 3.40. The fraction of sp³-hybridized carbons (Fsp3) is 0.900. The number of nitrogens with two attached hydrogens (primary N) is 1. The molecule has 0 radical (unpaired) electrons. The van der Waals surface area contributed by atoms with Crippen molar-refractivity contribution >= 4 is 5.91 Å². The smallest absolute Gasteiger partial charge is 0.236 e. The van der Waals surface area contributed by atoms with Gasteiger partial charge in [-0.3, -0.25) is 4.79 Å². The second-order valence-electron chi connectivity index (χ2n) is 4.54. The average Bonchev–Trinajstić information content (AvgIpc) is 2.19. The molecule has 2 atom stereocenters. The van der Waals surface area contributed by atoms with Gasteiger partial charge < -0.3 is 16.0 Å². The summed E-state index contributed by atoms with van der Waals surface area (Å²) in [5.41, 5.74) is 5.53. The zero-order chi connectivity index (χ0) is 10.1. The van der Waals surface area contributed by atoms with Crippen molar-refractivity contribution in [1.82, 2.24) is 10.2 Å². The van der Waals surface area contributed by atoms with E-state index in [1.165, 1.54) is 25.9 Å². The van der Waals surface area contributed by atoms with Gasteiger partial charge in [-0.05, 0) is 38.8 Å². The summed E-state index contributed by atoms with van der Waals surface area (Å²) in [6.45, 7) is 5.16. The van der Waals surface area contributed by atoms with E-state index in [0.29, 0.717) is 12.0 Å². The first kappa shape index (κ1) is 9.93. The van der Waals surface area contributed by atoms with Crippen LogP contribution in [0.2, 0.25) is 0 Å². The van der Waals surface area contributed by atoms with Crippen LogP contribution in [0.5, 0.6) is 0 Å². The van der Waals surface area contributed by atoms with Crippen LogP contribution in [0.3, 0.4) is 0 Å². The van der Waals surface area contributed by atoms with Crippen molar-refractivity contribution in [3.8, 4) is 0 Å². The number of carbonyl (C=O) groups is 1. The quantitative estimate of drug-likeness (QED) is 0.630. The van der Waals surface area contributed by atoms with E-state index in [-0.39, 0.29) is 11.9 Å². The van der Waals surface area contributed by atoms with Gasteiger partial charge in [0.15, 0.2) is 0 Å². The summed E-state index contributed by atoms with van der Waals surface area (Å²) in [6, 6.07) is -0.0403. The van der Waals surface area contributed by atoms with E-state index >= 15 is 0 Å². The summed E-state index contributed by atoms with van der Waals surface area (Å²) >= 11 is 0. The van der Waals surface area contributed by atoms with E-state index in [0.717, 1.165) is 6.54 Å². The van der Waals surface area contributed by atoms with Crippen LogP contribution in [0, 0.1) is 5.92 Å². The first-order chi connectivity index (χ1) is 6.66. The molecular weight excluding hydrogens is 178 g/mol. The average molecular weight is 197 g/mol. The van der Waals surface area contributed by atoms with Crippen LogP contribution in [0.1, 0.15) is 19.8 Å². The Morgan fingerprint density at radius 2 is 2.14 bits per heavy atom. The summed E-state index contributed by atoms with van der Waals surface area (Å²) in [5.74, 6) is 0.673. The highest BCUT2D eigenvalue weighted by Crippen LogP contribution is 2.27. The largest absolute Gasteiger partial charge is 0.350 e. The Labute approximate surface area is 84.8 Å². The molecule has 0 saturated carbocycles. The number of rotatable bonds is 2. The number of piperidine rings is 3. The number of carbonyl (C=O) groups excluding carboxylic acids is 1. The Morgan fingerprint density at radius 3 is 2.57 bits per heavy atom. The van der Waals surface area contributed by atoms with Gasteiger partial charge in [0.2, 0.25) is 5.91 Å². The molecule has 3 saturated heterocycles. The Balaban J connectivity index is 1.90. The lowest BCUT2D eigenvalue weighted by molar-refractivity contribution is -0.124. The van der Waals surface area contributed by atoms with Gasteiger partial charge in [-0.25, -0.2) is 0 Å². The molecule has 0 aromatic carbocycles. The topological polar surface area (TPSA) is 58.4 Å². The van der Waals surface area contributed by atoms with Crippen molar-refractivity contribution < 1.29 is 4.79 Å². The van der Waals surface area contributed by atoms with E-state index in [1.54, 1.807) is 6.92 Å². The molecule has 3 aliphatic rings. The Morgan fingerprint density at radius 1 is 1.50 bits per heavy atom. The minimum Gasteiger partial charge on any atom is -0.350 e. The maximum atomic E-state index is 11.4. The Kier molecular flexibility index (Phi) is 2.74. The molecule has 3 fully saturated rings. The number of amides is 1. The molecular formula is C10H19N3O. The maximum Gasteiger partial charge on any atom is 0.236 e. The highest BCUT2D eigenvalue weighted by atomic mass is 16.2. The monoisotopic (exact) mass is 197 g/mol. The predicted molar refractivity (Wildman–Crippen MR) is 54.7 cm³/mol. The molecule has 0 aromatic heterocycles. The van der Waals surface area contributed by atoms with Gasteiger partial charge in [-0.2, -0.15) is 0 Å². The van der Waals surface area contributed by atoms with Crippen LogP contribution in [0.4, 0.5) is 0 Å². The van der Waals surface area contributed by atoms with Crippen molar-refractivity contribution in [3.63, 3.8) is 0 Å². The zero-order valence-electron chi connectivity index (χ0n) is 8.70. The summed E-state index contributed by atoms with van der Waals surface area (Å²) in [5, 5.41) is 3.04. The molecule has 3 rings (SSSR count). The molecule has 1 amide bonds. The van der Waals surface area contributed by atoms with Gasteiger partial charge >= 0.3 is 0 Å². The van der Waals surface area contributed by atoms with Crippen LogP contribution in [-0.4, -0.2) is 42.5 Å². The third kappa shape index (κ3) is 1.91. The van der Waals surface area contributed by atoms with Gasteiger partial charge in [-0.15, -0.1) is 0 Å². The second kappa shape index (κ2) is 3.87. The van der Waals surface area contributed by atoms with Gasteiger partial charge in [-0.1, -0.05) is 0 Å². The highest BCUT2D eigenvalue weighted by molar-refractivity contribution is 5.81. The molecule has 1 unspecified atom stereocenters. The van der Waals surface area contributed by atoms with Gasteiger partial charge in [0.25, 0.3) is 0 Å². The summed E-state index contributed by atoms with van der Waals surface area (Å²) < 4.78 is 0. The molecule has 3 heterocycles. The van der Waals surface area contributed by atoms with E-state index in [9.17, 15) is 4.79 Å². The van der Waals surface area contributed by atoms with Crippen molar-refractivity contribution in [2.75, 3.05) is 19.6 Å². The minimum atomic E-state index is -0.384. The van der Waals surface area contributed by atoms with Gasteiger partial charge in [0.05, 0.1) is 6.04 Å².